The van der Waals surface area contributed by atoms with Gasteiger partial charge in [0, 0.05) is 30.2 Å². The number of thiazole rings is 1. The van der Waals surface area contributed by atoms with Gasteiger partial charge in [0.2, 0.25) is 0 Å². The summed E-state index contributed by atoms with van der Waals surface area (Å²) in [5, 5.41) is 1.48. The molecule has 0 spiro atoms. The molecule has 1 aliphatic rings. The van der Waals surface area contributed by atoms with Crippen molar-refractivity contribution in [2.24, 2.45) is 0 Å². The Kier molecular flexibility index (Phi) is 4.52. The lowest BCUT2D eigenvalue weighted by Gasteiger charge is -2.25. The number of carbonyl (C=O) groups excluding carboxylic acids is 1. The maximum absolute atomic E-state index is 12.6. The quantitative estimate of drug-likeness (QED) is 0.831. The number of thioether (sulfide) groups is 1. The lowest BCUT2D eigenvalue weighted by atomic mass is 10.2. The molecule has 0 N–H and O–H groups in total. The SMILES string of the molecule is Cc1nc(-c2ccccc2Cl)sc1C(=O)N1CCSCC1. The number of amides is 1. The van der Waals surface area contributed by atoms with Crippen LogP contribution in [0.5, 0.6) is 0 Å². The topological polar surface area (TPSA) is 33.2 Å². The molecule has 6 heteroatoms. The number of hydrogen-bond donors (Lipinski definition) is 0. The summed E-state index contributed by atoms with van der Waals surface area (Å²) in [7, 11) is 0. The van der Waals surface area contributed by atoms with E-state index in [9.17, 15) is 4.79 Å². The minimum Gasteiger partial charge on any atom is -0.336 e. The molecule has 2 heterocycles. The van der Waals surface area contributed by atoms with Crippen molar-refractivity contribution >= 4 is 40.6 Å². The number of carbonyl (C=O) groups is 1. The van der Waals surface area contributed by atoms with Crippen molar-refractivity contribution in [3.05, 3.63) is 39.9 Å². The minimum absolute atomic E-state index is 0.101. The van der Waals surface area contributed by atoms with E-state index in [4.69, 9.17) is 11.6 Å². The minimum atomic E-state index is 0.101. The average Bonchev–Trinajstić information content (AvgIpc) is 2.89. The Morgan fingerprint density at radius 1 is 1.29 bits per heavy atom. The van der Waals surface area contributed by atoms with Crippen LogP contribution < -0.4 is 0 Å². The number of aryl methyl sites for hydroxylation is 1. The van der Waals surface area contributed by atoms with Gasteiger partial charge in [-0.2, -0.15) is 11.8 Å². The Labute approximate surface area is 137 Å². The second kappa shape index (κ2) is 6.38. The van der Waals surface area contributed by atoms with Crippen LogP contribution in [-0.2, 0) is 0 Å². The Morgan fingerprint density at radius 3 is 2.71 bits per heavy atom. The first-order valence-electron chi connectivity index (χ1n) is 6.76. The predicted octanol–water partition coefficient (Wildman–Crippen LogP) is 3.96. The molecule has 1 amide bonds. The fourth-order valence-electron chi connectivity index (χ4n) is 2.25. The molecule has 3 nitrogen and oxygen atoms in total. The van der Waals surface area contributed by atoms with E-state index < -0.39 is 0 Å². The van der Waals surface area contributed by atoms with Crippen LogP contribution in [0.25, 0.3) is 10.6 Å². The number of halogens is 1. The summed E-state index contributed by atoms with van der Waals surface area (Å²) in [4.78, 5) is 19.8. The molecule has 1 aromatic heterocycles. The number of aromatic nitrogens is 1. The van der Waals surface area contributed by atoms with Crippen molar-refractivity contribution in [1.29, 1.82) is 0 Å². The third-order valence-electron chi connectivity index (χ3n) is 3.39. The van der Waals surface area contributed by atoms with Gasteiger partial charge in [-0.1, -0.05) is 29.8 Å². The van der Waals surface area contributed by atoms with Crippen LogP contribution in [-0.4, -0.2) is 40.4 Å². The van der Waals surface area contributed by atoms with E-state index in [2.05, 4.69) is 4.98 Å². The molecule has 0 unspecified atom stereocenters. The van der Waals surface area contributed by atoms with Crippen LogP contribution >= 0.6 is 34.7 Å². The van der Waals surface area contributed by atoms with E-state index in [1.54, 1.807) is 0 Å². The molecular weight excluding hydrogens is 324 g/mol. The van der Waals surface area contributed by atoms with E-state index in [1.165, 1.54) is 11.3 Å². The highest BCUT2D eigenvalue weighted by molar-refractivity contribution is 7.99. The smallest absolute Gasteiger partial charge is 0.265 e. The Morgan fingerprint density at radius 2 is 2.00 bits per heavy atom. The molecule has 1 aromatic carbocycles. The largest absolute Gasteiger partial charge is 0.336 e. The first-order valence-corrected chi connectivity index (χ1v) is 9.11. The van der Waals surface area contributed by atoms with E-state index in [-0.39, 0.29) is 5.91 Å². The molecule has 0 saturated carbocycles. The van der Waals surface area contributed by atoms with E-state index >= 15 is 0 Å². The molecule has 0 atom stereocenters. The van der Waals surface area contributed by atoms with Gasteiger partial charge in [0.1, 0.15) is 9.88 Å². The molecule has 1 saturated heterocycles. The zero-order chi connectivity index (χ0) is 14.8. The van der Waals surface area contributed by atoms with Crippen molar-refractivity contribution in [2.75, 3.05) is 24.6 Å². The third-order valence-corrected chi connectivity index (χ3v) is 5.84. The predicted molar refractivity (Wildman–Crippen MR) is 90.5 cm³/mol. The van der Waals surface area contributed by atoms with Gasteiger partial charge in [-0.15, -0.1) is 11.3 Å². The van der Waals surface area contributed by atoms with E-state index in [1.807, 2.05) is 47.9 Å². The second-order valence-electron chi connectivity index (χ2n) is 4.82. The van der Waals surface area contributed by atoms with Gasteiger partial charge in [-0.3, -0.25) is 4.79 Å². The molecule has 1 aliphatic heterocycles. The fraction of sp³-hybridized carbons (Fsp3) is 0.333. The summed E-state index contributed by atoms with van der Waals surface area (Å²) < 4.78 is 0. The van der Waals surface area contributed by atoms with Gasteiger partial charge in [0.05, 0.1) is 10.7 Å². The second-order valence-corrected chi connectivity index (χ2v) is 7.45. The molecule has 110 valence electrons. The first-order chi connectivity index (χ1) is 10.2. The molecule has 0 radical (unpaired) electrons. The van der Waals surface area contributed by atoms with Gasteiger partial charge in [-0.05, 0) is 13.0 Å². The summed E-state index contributed by atoms with van der Waals surface area (Å²) in [5.74, 6) is 2.13. The zero-order valence-corrected chi connectivity index (χ0v) is 14.0. The van der Waals surface area contributed by atoms with Crippen LogP contribution in [0.15, 0.2) is 24.3 Å². The van der Waals surface area contributed by atoms with E-state index in [0.29, 0.717) is 5.02 Å². The standard InChI is InChI=1S/C15H15ClN2OS2/c1-10-13(15(19)18-6-8-20-9-7-18)21-14(17-10)11-4-2-3-5-12(11)16/h2-5H,6-9H2,1H3. The van der Waals surface area contributed by atoms with Crippen molar-refractivity contribution in [2.45, 2.75) is 6.92 Å². The Balaban J connectivity index is 1.91. The molecule has 2 aromatic rings. The van der Waals surface area contributed by atoms with Crippen LogP contribution in [0.1, 0.15) is 15.4 Å². The van der Waals surface area contributed by atoms with Crippen molar-refractivity contribution in [3.8, 4) is 10.6 Å². The summed E-state index contributed by atoms with van der Waals surface area (Å²) in [6.07, 6.45) is 0. The molecule has 21 heavy (non-hydrogen) atoms. The summed E-state index contributed by atoms with van der Waals surface area (Å²) in [6.45, 7) is 3.54. The summed E-state index contributed by atoms with van der Waals surface area (Å²) in [6, 6.07) is 7.61. The Hall–Kier alpha value is -1.04. The molecule has 0 aliphatic carbocycles. The highest BCUT2D eigenvalue weighted by atomic mass is 35.5. The highest BCUT2D eigenvalue weighted by Gasteiger charge is 2.23. The number of nitrogens with zero attached hydrogens (tertiary/aromatic N) is 2. The van der Waals surface area contributed by atoms with Gasteiger partial charge in [0.15, 0.2) is 0 Å². The number of rotatable bonds is 2. The monoisotopic (exact) mass is 338 g/mol. The van der Waals surface area contributed by atoms with Gasteiger partial charge in [-0.25, -0.2) is 4.98 Å². The van der Waals surface area contributed by atoms with Crippen LogP contribution in [0, 0.1) is 6.92 Å². The third kappa shape index (κ3) is 3.10. The van der Waals surface area contributed by atoms with Crippen LogP contribution in [0.3, 0.4) is 0 Å². The van der Waals surface area contributed by atoms with Gasteiger partial charge in [0.25, 0.3) is 5.91 Å². The maximum Gasteiger partial charge on any atom is 0.265 e. The lowest BCUT2D eigenvalue weighted by Crippen LogP contribution is -2.37. The van der Waals surface area contributed by atoms with Crippen molar-refractivity contribution in [1.82, 2.24) is 9.88 Å². The average molecular weight is 339 g/mol. The van der Waals surface area contributed by atoms with Crippen molar-refractivity contribution < 1.29 is 4.79 Å². The maximum atomic E-state index is 12.6. The fourth-order valence-corrected chi connectivity index (χ4v) is 4.51. The first kappa shape index (κ1) is 14.9. The van der Waals surface area contributed by atoms with Crippen LogP contribution in [0.2, 0.25) is 5.02 Å². The Bertz CT molecular complexity index is 665. The molecular formula is C15H15ClN2OS2. The number of hydrogen-bond acceptors (Lipinski definition) is 4. The van der Waals surface area contributed by atoms with Crippen molar-refractivity contribution in [3.63, 3.8) is 0 Å². The highest BCUT2D eigenvalue weighted by Crippen LogP contribution is 2.33. The molecule has 1 fully saturated rings. The van der Waals surface area contributed by atoms with Gasteiger partial charge < -0.3 is 4.90 Å². The molecule has 0 bridgehead atoms. The zero-order valence-electron chi connectivity index (χ0n) is 11.6. The van der Waals surface area contributed by atoms with E-state index in [0.717, 1.165) is 45.7 Å². The van der Waals surface area contributed by atoms with Gasteiger partial charge >= 0.3 is 0 Å². The normalized spacial score (nSPS) is 15.2. The summed E-state index contributed by atoms with van der Waals surface area (Å²) >= 11 is 9.55. The summed E-state index contributed by atoms with van der Waals surface area (Å²) in [5.41, 5.74) is 1.68. The lowest BCUT2D eigenvalue weighted by molar-refractivity contribution is 0.0776. The molecule has 3 rings (SSSR count). The van der Waals surface area contributed by atoms with Crippen LogP contribution in [0.4, 0.5) is 0 Å². The number of benzene rings is 1.